The molecule has 2 N–H and O–H groups in total. The van der Waals surface area contributed by atoms with Crippen LogP contribution in [0.25, 0.3) is 0 Å². The quantitative estimate of drug-likeness (QED) is 0.608. The van der Waals surface area contributed by atoms with Crippen LogP contribution in [-0.2, 0) is 9.47 Å². The number of nitrogens with one attached hydrogen (secondary N) is 2. The van der Waals surface area contributed by atoms with E-state index in [2.05, 4.69) is 17.6 Å². The van der Waals surface area contributed by atoms with Crippen molar-refractivity contribution in [2.45, 2.75) is 44.7 Å². The van der Waals surface area contributed by atoms with E-state index in [9.17, 15) is 0 Å². The first kappa shape index (κ1) is 14.3. The molecule has 4 heteroatoms. The van der Waals surface area contributed by atoms with Crippen LogP contribution in [0, 0.1) is 5.92 Å². The summed E-state index contributed by atoms with van der Waals surface area (Å²) < 4.78 is 11.1. The van der Waals surface area contributed by atoms with Crippen LogP contribution >= 0.6 is 0 Å². The fourth-order valence-electron chi connectivity index (χ4n) is 2.34. The SMILES string of the molecule is CC(CC1COCCN1)NCCCOCC1CC1. The van der Waals surface area contributed by atoms with Gasteiger partial charge in [0.2, 0.25) is 0 Å². The Kier molecular flexibility index (Phi) is 6.41. The van der Waals surface area contributed by atoms with Crippen LogP contribution in [0.4, 0.5) is 0 Å². The second kappa shape index (κ2) is 8.10. The lowest BCUT2D eigenvalue weighted by Crippen LogP contribution is -2.45. The molecule has 2 atom stereocenters. The molecule has 2 rings (SSSR count). The maximum atomic E-state index is 5.62. The van der Waals surface area contributed by atoms with Crippen molar-refractivity contribution in [2.75, 3.05) is 39.5 Å². The van der Waals surface area contributed by atoms with Gasteiger partial charge in [-0.3, -0.25) is 0 Å². The molecule has 1 heterocycles. The maximum Gasteiger partial charge on any atom is 0.0620 e. The van der Waals surface area contributed by atoms with Gasteiger partial charge in [-0.15, -0.1) is 0 Å². The fourth-order valence-corrected chi connectivity index (χ4v) is 2.34. The lowest BCUT2D eigenvalue weighted by atomic mass is 10.1. The van der Waals surface area contributed by atoms with E-state index >= 15 is 0 Å². The highest BCUT2D eigenvalue weighted by Crippen LogP contribution is 2.28. The first-order valence-electron chi connectivity index (χ1n) is 7.47. The predicted octanol–water partition coefficient (Wildman–Crippen LogP) is 1.16. The molecule has 18 heavy (non-hydrogen) atoms. The molecule has 4 nitrogen and oxygen atoms in total. The predicted molar refractivity (Wildman–Crippen MR) is 72.9 cm³/mol. The van der Waals surface area contributed by atoms with Crippen molar-refractivity contribution in [3.05, 3.63) is 0 Å². The van der Waals surface area contributed by atoms with E-state index < -0.39 is 0 Å². The fraction of sp³-hybridized carbons (Fsp3) is 1.00. The van der Waals surface area contributed by atoms with Gasteiger partial charge < -0.3 is 20.1 Å². The molecule has 2 unspecified atom stereocenters. The highest BCUT2D eigenvalue weighted by molar-refractivity contribution is 4.75. The smallest absolute Gasteiger partial charge is 0.0620 e. The summed E-state index contributed by atoms with van der Waals surface area (Å²) in [6.45, 7) is 7.90. The minimum absolute atomic E-state index is 0.521. The number of hydrogen-bond acceptors (Lipinski definition) is 4. The molecule has 1 aliphatic carbocycles. The Morgan fingerprint density at radius 2 is 2.33 bits per heavy atom. The van der Waals surface area contributed by atoms with Crippen LogP contribution in [0.1, 0.15) is 32.6 Å². The highest BCUT2D eigenvalue weighted by atomic mass is 16.5. The summed E-state index contributed by atoms with van der Waals surface area (Å²) in [5.41, 5.74) is 0. The zero-order chi connectivity index (χ0) is 12.6. The van der Waals surface area contributed by atoms with Crippen molar-refractivity contribution in [3.8, 4) is 0 Å². The van der Waals surface area contributed by atoms with Crippen molar-refractivity contribution >= 4 is 0 Å². The molecule has 0 spiro atoms. The Bertz CT molecular complexity index is 216. The van der Waals surface area contributed by atoms with E-state index in [1.807, 2.05) is 0 Å². The van der Waals surface area contributed by atoms with Gasteiger partial charge in [0.15, 0.2) is 0 Å². The van der Waals surface area contributed by atoms with Crippen molar-refractivity contribution in [1.29, 1.82) is 0 Å². The third-order valence-corrected chi connectivity index (χ3v) is 3.65. The monoisotopic (exact) mass is 256 g/mol. The van der Waals surface area contributed by atoms with Gasteiger partial charge in [-0.25, -0.2) is 0 Å². The Hall–Kier alpha value is -0.160. The molecule has 0 bridgehead atoms. The Morgan fingerprint density at radius 1 is 1.44 bits per heavy atom. The molecule has 0 radical (unpaired) electrons. The van der Waals surface area contributed by atoms with Crippen molar-refractivity contribution in [2.24, 2.45) is 5.92 Å². The lowest BCUT2D eigenvalue weighted by Gasteiger charge is -2.26. The molecule has 0 aromatic rings. The summed E-state index contributed by atoms with van der Waals surface area (Å²) in [5, 5.41) is 7.05. The summed E-state index contributed by atoms with van der Waals surface area (Å²) in [6, 6.07) is 1.07. The Balaban J connectivity index is 1.39. The second-order valence-electron chi connectivity index (χ2n) is 5.69. The summed E-state index contributed by atoms with van der Waals surface area (Å²) in [6.07, 6.45) is 5.02. The van der Waals surface area contributed by atoms with E-state index in [1.54, 1.807) is 0 Å². The molecule has 1 aliphatic heterocycles. The minimum atomic E-state index is 0.521. The van der Waals surface area contributed by atoms with Crippen LogP contribution in [0.5, 0.6) is 0 Å². The molecule has 1 saturated carbocycles. The Morgan fingerprint density at radius 3 is 3.06 bits per heavy atom. The van der Waals surface area contributed by atoms with Gasteiger partial charge in [-0.05, 0) is 45.1 Å². The minimum Gasteiger partial charge on any atom is -0.381 e. The standard InChI is InChI=1S/C14H28N2O2/c1-12(9-14-11-18-8-6-16-14)15-5-2-7-17-10-13-3-4-13/h12-16H,2-11H2,1H3. The third kappa shape index (κ3) is 6.14. The average Bonchev–Trinajstić information content (AvgIpc) is 3.19. The van der Waals surface area contributed by atoms with Gasteiger partial charge in [0.25, 0.3) is 0 Å². The molecule has 0 aromatic heterocycles. The van der Waals surface area contributed by atoms with E-state index in [0.29, 0.717) is 12.1 Å². The van der Waals surface area contributed by atoms with E-state index in [4.69, 9.17) is 9.47 Å². The van der Waals surface area contributed by atoms with Crippen LogP contribution in [-0.4, -0.2) is 51.6 Å². The molecule has 0 amide bonds. The van der Waals surface area contributed by atoms with Crippen molar-refractivity contribution < 1.29 is 9.47 Å². The van der Waals surface area contributed by atoms with Gasteiger partial charge >= 0.3 is 0 Å². The Labute approximate surface area is 111 Å². The molecule has 2 fully saturated rings. The largest absolute Gasteiger partial charge is 0.381 e. The first-order chi connectivity index (χ1) is 8.84. The van der Waals surface area contributed by atoms with Gasteiger partial charge in [-0.1, -0.05) is 0 Å². The topological polar surface area (TPSA) is 42.5 Å². The number of hydrogen-bond donors (Lipinski definition) is 2. The second-order valence-corrected chi connectivity index (χ2v) is 5.69. The summed E-state index contributed by atoms with van der Waals surface area (Å²) >= 11 is 0. The average molecular weight is 256 g/mol. The number of rotatable bonds is 9. The van der Waals surface area contributed by atoms with Crippen molar-refractivity contribution in [1.82, 2.24) is 10.6 Å². The molecular weight excluding hydrogens is 228 g/mol. The zero-order valence-electron chi connectivity index (χ0n) is 11.6. The summed E-state index contributed by atoms with van der Waals surface area (Å²) in [7, 11) is 0. The first-order valence-corrected chi connectivity index (χ1v) is 7.47. The third-order valence-electron chi connectivity index (χ3n) is 3.65. The number of ether oxygens (including phenoxy) is 2. The normalized spacial score (nSPS) is 26.2. The molecule has 0 aromatic carbocycles. The number of morpholine rings is 1. The summed E-state index contributed by atoms with van der Waals surface area (Å²) in [4.78, 5) is 0. The van der Waals surface area contributed by atoms with Crippen LogP contribution in [0.3, 0.4) is 0 Å². The van der Waals surface area contributed by atoms with Gasteiger partial charge in [0.05, 0.1) is 13.2 Å². The van der Waals surface area contributed by atoms with E-state index in [1.165, 1.54) is 12.8 Å². The highest BCUT2D eigenvalue weighted by Gasteiger charge is 2.20. The van der Waals surface area contributed by atoms with Gasteiger partial charge in [-0.2, -0.15) is 0 Å². The maximum absolute atomic E-state index is 5.62. The van der Waals surface area contributed by atoms with Gasteiger partial charge in [0, 0.05) is 31.8 Å². The summed E-state index contributed by atoms with van der Waals surface area (Å²) in [5.74, 6) is 0.884. The van der Waals surface area contributed by atoms with Crippen molar-refractivity contribution in [3.63, 3.8) is 0 Å². The lowest BCUT2D eigenvalue weighted by molar-refractivity contribution is 0.0710. The molecule has 1 saturated heterocycles. The van der Waals surface area contributed by atoms with E-state index in [0.717, 1.165) is 58.3 Å². The van der Waals surface area contributed by atoms with Crippen LogP contribution in [0.15, 0.2) is 0 Å². The molecular formula is C14H28N2O2. The van der Waals surface area contributed by atoms with Crippen LogP contribution in [0.2, 0.25) is 0 Å². The molecule has 2 aliphatic rings. The van der Waals surface area contributed by atoms with Crippen LogP contribution < -0.4 is 10.6 Å². The molecule has 106 valence electrons. The van der Waals surface area contributed by atoms with E-state index in [-0.39, 0.29) is 0 Å². The zero-order valence-corrected chi connectivity index (χ0v) is 11.6. The van der Waals surface area contributed by atoms with Gasteiger partial charge in [0.1, 0.15) is 0 Å².